The Balaban J connectivity index is 2.40. The molecule has 19 heavy (non-hydrogen) atoms. The fraction of sp³-hybridized carbons (Fsp3) is 0.200. The van der Waals surface area contributed by atoms with E-state index in [-0.39, 0.29) is 4.83 Å². The molecule has 0 spiro atoms. The molecule has 0 saturated heterocycles. The first kappa shape index (κ1) is 14.9. The quantitative estimate of drug-likeness (QED) is 0.579. The predicted octanol–water partition coefficient (Wildman–Crippen LogP) is 5.90. The number of halogens is 3. The zero-order chi connectivity index (χ0) is 14.0. The maximum atomic E-state index is 6.12. The minimum atomic E-state index is 0.0881. The van der Waals surface area contributed by atoms with Gasteiger partial charge in [-0.3, -0.25) is 0 Å². The van der Waals surface area contributed by atoms with Crippen molar-refractivity contribution in [3.63, 3.8) is 0 Å². The summed E-state index contributed by atoms with van der Waals surface area (Å²) in [5.41, 5.74) is 3.43. The first-order valence-electron chi connectivity index (χ1n) is 5.76. The summed E-state index contributed by atoms with van der Waals surface area (Å²) < 4.78 is 6.21. The Kier molecular flexibility index (Phi) is 4.93. The van der Waals surface area contributed by atoms with Crippen LogP contribution >= 0.6 is 43.5 Å². The van der Waals surface area contributed by atoms with Crippen molar-refractivity contribution in [3.8, 4) is 5.75 Å². The standard InChI is InChI=1S/C15H13Br2ClO/c1-9-5-10(7-11(18)6-9)15(17)13-4-3-12(19-2)8-14(13)16/h3-8,15H,1-2H3. The van der Waals surface area contributed by atoms with Gasteiger partial charge in [-0.2, -0.15) is 0 Å². The second kappa shape index (κ2) is 6.29. The summed E-state index contributed by atoms with van der Waals surface area (Å²) in [5, 5.41) is 0.754. The van der Waals surface area contributed by atoms with E-state index in [0.717, 1.165) is 31.9 Å². The van der Waals surface area contributed by atoms with Gasteiger partial charge < -0.3 is 4.74 Å². The lowest BCUT2D eigenvalue weighted by molar-refractivity contribution is 0.414. The molecule has 1 unspecified atom stereocenters. The normalized spacial score (nSPS) is 12.3. The maximum Gasteiger partial charge on any atom is 0.120 e. The molecule has 2 aromatic carbocycles. The summed E-state index contributed by atoms with van der Waals surface area (Å²) in [4.78, 5) is 0.0881. The highest BCUT2D eigenvalue weighted by atomic mass is 79.9. The summed E-state index contributed by atoms with van der Waals surface area (Å²) in [6.07, 6.45) is 0. The second-order valence-corrected chi connectivity index (χ2v) is 6.52. The Morgan fingerprint density at radius 1 is 1.16 bits per heavy atom. The fourth-order valence-electron chi connectivity index (χ4n) is 1.93. The third kappa shape index (κ3) is 3.53. The topological polar surface area (TPSA) is 9.23 Å². The molecule has 1 atom stereocenters. The molecular weight excluding hydrogens is 391 g/mol. The molecule has 0 amide bonds. The van der Waals surface area contributed by atoms with Crippen LogP contribution in [0.2, 0.25) is 5.02 Å². The van der Waals surface area contributed by atoms with E-state index in [4.69, 9.17) is 16.3 Å². The maximum absolute atomic E-state index is 6.12. The predicted molar refractivity (Wildman–Crippen MR) is 87.7 cm³/mol. The molecule has 0 N–H and O–H groups in total. The second-order valence-electron chi connectivity index (χ2n) is 4.31. The molecule has 1 nitrogen and oxygen atoms in total. The van der Waals surface area contributed by atoms with Gasteiger partial charge in [0.1, 0.15) is 5.75 Å². The number of ether oxygens (including phenoxy) is 1. The molecule has 2 aromatic rings. The Morgan fingerprint density at radius 2 is 1.89 bits per heavy atom. The van der Waals surface area contributed by atoms with Crippen LogP contribution in [0.4, 0.5) is 0 Å². The number of benzene rings is 2. The lowest BCUT2D eigenvalue weighted by Gasteiger charge is -2.15. The van der Waals surface area contributed by atoms with Crippen LogP contribution in [-0.2, 0) is 0 Å². The summed E-state index contributed by atoms with van der Waals surface area (Å²) in [6, 6.07) is 12.0. The molecule has 0 aliphatic rings. The van der Waals surface area contributed by atoms with E-state index in [1.807, 2.05) is 37.3 Å². The largest absolute Gasteiger partial charge is 0.497 e. The molecule has 0 heterocycles. The average molecular weight is 405 g/mol. The van der Waals surface area contributed by atoms with Crippen LogP contribution < -0.4 is 4.74 Å². The van der Waals surface area contributed by atoms with Crippen molar-refractivity contribution >= 4 is 43.5 Å². The van der Waals surface area contributed by atoms with Crippen molar-refractivity contribution in [2.24, 2.45) is 0 Å². The van der Waals surface area contributed by atoms with Crippen LogP contribution in [0.25, 0.3) is 0 Å². The number of alkyl halides is 1. The van der Waals surface area contributed by atoms with E-state index in [1.165, 1.54) is 0 Å². The van der Waals surface area contributed by atoms with Crippen molar-refractivity contribution in [2.45, 2.75) is 11.8 Å². The highest BCUT2D eigenvalue weighted by molar-refractivity contribution is 9.11. The lowest BCUT2D eigenvalue weighted by Crippen LogP contribution is -1.95. The van der Waals surface area contributed by atoms with E-state index < -0.39 is 0 Å². The zero-order valence-corrected chi connectivity index (χ0v) is 14.5. The Bertz CT molecular complexity index is 578. The highest BCUT2D eigenvalue weighted by Crippen LogP contribution is 2.38. The number of rotatable bonds is 3. The van der Waals surface area contributed by atoms with Gasteiger partial charge in [0.2, 0.25) is 0 Å². The molecule has 0 aliphatic carbocycles. The Hall–Kier alpha value is -0.510. The van der Waals surface area contributed by atoms with Crippen molar-refractivity contribution in [1.29, 1.82) is 0 Å². The van der Waals surface area contributed by atoms with E-state index in [9.17, 15) is 0 Å². The van der Waals surface area contributed by atoms with Crippen molar-refractivity contribution in [3.05, 3.63) is 62.6 Å². The molecule has 0 aliphatic heterocycles. The van der Waals surface area contributed by atoms with Crippen molar-refractivity contribution in [1.82, 2.24) is 0 Å². The van der Waals surface area contributed by atoms with Gasteiger partial charge in [-0.25, -0.2) is 0 Å². The third-order valence-corrected chi connectivity index (χ3v) is 4.76. The van der Waals surface area contributed by atoms with Crippen LogP contribution in [0.15, 0.2) is 40.9 Å². The number of hydrogen-bond acceptors (Lipinski definition) is 1. The van der Waals surface area contributed by atoms with E-state index in [2.05, 4.69) is 37.9 Å². The van der Waals surface area contributed by atoms with Gasteiger partial charge in [0.05, 0.1) is 11.9 Å². The van der Waals surface area contributed by atoms with Gasteiger partial charge in [-0.1, -0.05) is 55.6 Å². The lowest BCUT2D eigenvalue weighted by atomic mass is 10.0. The van der Waals surface area contributed by atoms with Crippen LogP contribution in [0.3, 0.4) is 0 Å². The average Bonchev–Trinajstić information content (AvgIpc) is 2.36. The van der Waals surface area contributed by atoms with Gasteiger partial charge in [0.15, 0.2) is 0 Å². The summed E-state index contributed by atoms with van der Waals surface area (Å²) in [7, 11) is 1.66. The van der Waals surface area contributed by atoms with Gasteiger partial charge in [0.25, 0.3) is 0 Å². The van der Waals surface area contributed by atoms with Gasteiger partial charge in [-0.15, -0.1) is 0 Å². The molecule has 100 valence electrons. The number of methoxy groups -OCH3 is 1. The summed E-state index contributed by atoms with van der Waals surface area (Å²) >= 11 is 13.4. The van der Waals surface area contributed by atoms with Crippen LogP contribution in [0.1, 0.15) is 21.5 Å². The Morgan fingerprint density at radius 3 is 2.47 bits per heavy atom. The number of aryl methyl sites for hydroxylation is 1. The van der Waals surface area contributed by atoms with Crippen LogP contribution in [0, 0.1) is 6.92 Å². The molecule has 0 radical (unpaired) electrons. The molecule has 0 bridgehead atoms. The van der Waals surface area contributed by atoms with Gasteiger partial charge in [0, 0.05) is 9.50 Å². The first-order valence-corrected chi connectivity index (χ1v) is 7.84. The van der Waals surface area contributed by atoms with Crippen molar-refractivity contribution in [2.75, 3.05) is 7.11 Å². The molecule has 4 heteroatoms. The third-order valence-electron chi connectivity index (χ3n) is 2.84. The van der Waals surface area contributed by atoms with Gasteiger partial charge in [-0.05, 0) is 47.9 Å². The smallest absolute Gasteiger partial charge is 0.120 e. The van der Waals surface area contributed by atoms with Crippen molar-refractivity contribution < 1.29 is 4.74 Å². The fourth-order valence-corrected chi connectivity index (χ4v) is 3.79. The minimum Gasteiger partial charge on any atom is -0.497 e. The number of hydrogen-bond donors (Lipinski definition) is 0. The van der Waals surface area contributed by atoms with Crippen LogP contribution in [0.5, 0.6) is 5.75 Å². The van der Waals surface area contributed by atoms with E-state index in [1.54, 1.807) is 7.11 Å². The molecule has 0 fully saturated rings. The summed E-state index contributed by atoms with van der Waals surface area (Å²) in [6.45, 7) is 2.04. The van der Waals surface area contributed by atoms with Crippen LogP contribution in [-0.4, -0.2) is 7.11 Å². The SMILES string of the molecule is COc1ccc(C(Br)c2cc(C)cc(Cl)c2)c(Br)c1. The monoisotopic (exact) mass is 402 g/mol. The zero-order valence-electron chi connectivity index (χ0n) is 10.6. The molecule has 2 rings (SSSR count). The molecular formula is C15H13Br2ClO. The van der Waals surface area contributed by atoms with E-state index in [0.29, 0.717) is 0 Å². The Labute approximate surface area is 135 Å². The van der Waals surface area contributed by atoms with Gasteiger partial charge >= 0.3 is 0 Å². The molecule has 0 saturated carbocycles. The first-order chi connectivity index (χ1) is 9.01. The van der Waals surface area contributed by atoms with E-state index >= 15 is 0 Å². The minimum absolute atomic E-state index is 0.0881. The summed E-state index contributed by atoms with van der Waals surface area (Å²) in [5.74, 6) is 0.831. The highest BCUT2D eigenvalue weighted by Gasteiger charge is 2.15. The molecule has 0 aromatic heterocycles.